The Labute approximate surface area is 175 Å². The largest absolute Gasteiger partial charge is 0.371 e. The van der Waals surface area contributed by atoms with Gasteiger partial charge in [-0.3, -0.25) is 4.79 Å². The Morgan fingerprint density at radius 3 is 2.69 bits per heavy atom. The summed E-state index contributed by atoms with van der Waals surface area (Å²) in [4.78, 5) is 20.2. The summed E-state index contributed by atoms with van der Waals surface area (Å²) in [6.45, 7) is 2.55. The molecular weight excluding hydrogens is 386 g/mol. The maximum absolute atomic E-state index is 13.2. The van der Waals surface area contributed by atoms with E-state index in [0.717, 1.165) is 40.9 Å². The van der Waals surface area contributed by atoms with Gasteiger partial charge in [0.2, 0.25) is 0 Å². The highest BCUT2D eigenvalue weighted by Gasteiger charge is 2.16. The number of imidazole rings is 1. The number of benzene rings is 1. The lowest BCUT2D eigenvalue weighted by molar-refractivity contribution is 0.573. The molecule has 0 saturated carbocycles. The molecule has 0 bridgehead atoms. The Morgan fingerprint density at radius 1 is 1.00 bits per heavy atom. The fourth-order valence-corrected chi connectivity index (χ4v) is 4.10. The summed E-state index contributed by atoms with van der Waals surface area (Å²) < 4.78 is 3.58. The Balaban J connectivity index is 0.00000205. The van der Waals surface area contributed by atoms with E-state index in [1.165, 1.54) is 19.3 Å². The van der Waals surface area contributed by atoms with Gasteiger partial charge in [-0.25, -0.2) is 9.67 Å². The smallest absolute Gasteiger partial charge is 0.276 e. The number of nitrogens with zero attached hydrogens (tertiary/aromatic N) is 5. The van der Waals surface area contributed by atoms with Crippen molar-refractivity contribution >= 4 is 34.5 Å². The number of fused-ring (bicyclic) bond motifs is 2. The van der Waals surface area contributed by atoms with Crippen LogP contribution >= 0.6 is 12.4 Å². The molecule has 4 heterocycles. The number of anilines is 1. The van der Waals surface area contributed by atoms with Crippen molar-refractivity contribution in [2.24, 2.45) is 0 Å². The zero-order valence-electron chi connectivity index (χ0n) is 16.2. The van der Waals surface area contributed by atoms with Crippen LogP contribution in [0.4, 0.5) is 5.69 Å². The Bertz CT molecular complexity index is 1160. The molecule has 1 aromatic carbocycles. The summed E-state index contributed by atoms with van der Waals surface area (Å²) in [7, 11) is 0. The van der Waals surface area contributed by atoms with Crippen LogP contribution in [0.2, 0.25) is 0 Å². The predicted octanol–water partition coefficient (Wildman–Crippen LogP) is 3.70. The SMILES string of the molecule is Cl.O=c1c2c(N3CCCCC3)cccc2cnn1CCc1cn2ccccc2n1. The van der Waals surface area contributed by atoms with E-state index in [9.17, 15) is 4.79 Å². The maximum atomic E-state index is 13.2. The number of rotatable bonds is 4. The van der Waals surface area contributed by atoms with Crippen LogP contribution in [0.3, 0.4) is 0 Å². The van der Waals surface area contributed by atoms with Gasteiger partial charge in [0.25, 0.3) is 5.56 Å². The van der Waals surface area contributed by atoms with Gasteiger partial charge in [-0.05, 0) is 37.5 Å². The molecule has 29 heavy (non-hydrogen) atoms. The first-order chi connectivity index (χ1) is 13.8. The molecule has 0 amide bonds. The highest BCUT2D eigenvalue weighted by molar-refractivity contribution is 5.93. The lowest BCUT2D eigenvalue weighted by Gasteiger charge is -2.29. The third kappa shape index (κ3) is 3.72. The Kier molecular flexibility index (Phi) is 5.53. The molecule has 4 aromatic rings. The van der Waals surface area contributed by atoms with Gasteiger partial charge in [0.1, 0.15) is 5.65 Å². The van der Waals surface area contributed by atoms with Crippen molar-refractivity contribution in [2.45, 2.75) is 32.2 Å². The molecule has 1 aliphatic heterocycles. The summed E-state index contributed by atoms with van der Waals surface area (Å²) in [6, 6.07) is 12.0. The molecule has 150 valence electrons. The van der Waals surface area contributed by atoms with Gasteiger partial charge in [-0.2, -0.15) is 5.10 Å². The fourth-order valence-electron chi connectivity index (χ4n) is 4.10. The van der Waals surface area contributed by atoms with Crippen LogP contribution in [-0.2, 0) is 13.0 Å². The minimum Gasteiger partial charge on any atom is -0.371 e. The van der Waals surface area contributed by atoms with E-state index in [4.69, 9.17) is 0 Å². The first-order valence-electron chi connectivity index (χ1n) is 9.96. The third-order valence-electron chi connectivity index (χ3n) is 5.55. The van der Waals surface area contributed by atoms with Gasteiger partial charge in [-0.15, -0.1) is 12.4 Å². The van der Waals surface area contributed by atoms with E-state index < -0.39 is 0 Å². The molecule has 5 rings (SSSR count). The number of halogens is 1. The molecule has 7 heteroatoms. The fraction of sp³-hybridized carbons (Fsp3) is 0.318. The zero-order valence-corrected chi connectivity index (χ0v) is 17.0. The molecule has 0 unspecified atom stereocenters. The molecule has 0 aliphatic carbocycles. The van der Waals surface area contributed by atoms with Gasteiger partial charge in [0.05, 0.1) is 29.5 Å². The van der Waals surface area contributed by atoms with E-state index >= 15 is 0 Å². The van der Waals surface area contributed by atoms with Crippen molar-refractivity contribution in [3.8, 4) is 0 Å². The van der Waals surface area contributed by atoms with Crippen molar-refractivity contribution in [1.82, 2.24) is 19.2 Å². The van der Waals surface area contributed by atoms with Crippen molar-refractivity contribution in [1.29, 1.82) is 0 Å². The first-order valence-corrected chi connectivity index (χ1v) is 9.96. The lowest BCUT2D eigenvalue weighted by atomic mass is 10.1. The normalized spacial score (nSPS) is 14.3. The van der Waals surface area contributed by atoms with Crippen molar-refractivity contribution < 1.29 is 0 Å². The molecule has 1 saturated heterocycles. The number of aromatic nitrogens is 4. The average molecular weight is 410 g/mol. The summed E-state index contributed by atoms with van der Waals surface area (Å²) in [6.07, 6.45) is 10.1. The van der Waals surface area contributed by atoms with Gasteiger partial charge < -0.3 is 9.30 Å². The van der Waals surface area contributed by atoms with E-state index in [-0.39, 0.29) is 18.0 Å². The lowest BCUT2D eigenvalue weighted by Crippen LogP contribution is -2.32. The molecule has 6 nitrogen and oxygen atoms in total. The van der Waals surface area contributed by atoms with Crippen molar-refractivity contribution in [3.05, 3.63) is 71.0 Å². The molecular formula is C22H24ClN5O. The van der Waals surface area contributed by atoms with E-state index in [2.05, 4.69) is 21.0 Å². The topological polar surface area (TPSA) is 55.4 Å². The highest BCUT2D eigenvalue weighted by Crippen LogP contribution is 2.26. The van der Waals surface area contributed by atoms with E-state index in [1.807, 2.05) is 53.3 Å². The second-order valence-corrected chi connectivity index (χ2v) is 7.41. The molecule has 0 N–H and O–H groups in total. The Morgan fingerprint density at radius 2 is 1.86 bits per heavy atom. The second-order valence-electron chi connectivity index (χ2n) is 7.41. The molecule has 1 fully saturated rings. The number of pyridine rings is 1. The van der Waals surface area contributed by atoms with Crippen LogP contribution in [0.25, 0.3) is 16.4 Å². The molecule has 0 radical (unpaired) electrons. The highest BCUT2D eigenvalue weighted by atomic mass is 35.5. The number of aryl methyl sites for hydroxylation is 2. The summed E-state index contributed by atoms with van der Waals surface area (Å²) in [5.74, 6) is 0. The summed E-state index contributed by atoms with van der Waals surface area (Å²) in [5.41, 5.74) is 2.92. The summed E-state index contributed by atoms with van der Waals surface area (Å²) in [5, 5.41) is 6.11. The Hall–Kier alpha value is -2.86. The molecule has 1 aliphatic rings. The number of hydrogen-bond donors (Lipinski definition) is 0. The van der Waals surface area contributed by atoms with E-state index in [1.54, 1.807) is 4.68 Å². The van der Waals surface area contributed by atoms with Crippen LogP contribution in [-0.4, -0.2) is 32.3 Å². The molecule has 3 aromatic heterocycles. The first kappa shape index (κ1) is 19.5. The molecule has 0 spiro atoms. The number of piperidine rings is 1. The summed E-state index contributed by atoms with van der Waals surface area (Å²) >= 11 is 0. The predicted molar refractivity (Wildman–Crippen MR) is 118 cm³/mol. The van der Waals surface area contributed by atoms with Crippen LogP contribution in [0.1, 0.15) is 25.0 Å². The standard InChI is InChI=1S/C22H23N5O.ClH/c28-22-21-17(7-6-8-19(21)25-11-3-1-4-12-25)15-23-27(22)14-10-18-16-26-13-5-2-9-20(26)24-18;/h2,5-9,13,15-16H,1,3-4,10-12,14H2;1H. The van der Waals surface area contributed by atoms with Crippen molar-refractivity contribution in [2.75, 3.05) is 18.0 Å². The van der Waals surface area contributed by atoms with Crippen molar-refractivity contribution in [3.63, 3.8) is 0 Å². The minimum atomic E-state index is -0.0116. The van der Waals surface area contributed by atoms with Gasteiger partial charge in [-0.1, -0.05) is 18.2 Å². The van der Waals surface area contributed by atoms with Crippen LogP contribution in [0.15, 0.2) is 59.8 Å². The average Bonchev–Trinajstić information content (AvgIpc) is 3.16. The van der Waals surface area contributed by atoms with Crippen LogP contribution in [0.5, 0.6) is 0 Å². The maximum Gasteiger partial charge on any atom is 0.276 e. The van der Waals surface area contributed by atoms with Crippen LogP contribution in [0, 0.1) is 0 Å². The quantitative estimate of drug-likeness (QED) is 0.515. The second kappa shape index (κ2) is 8.25. The number of hydrogen-bond acceptors (Lipinski definition) is 4. The van der Waals surface area contributed by atoms with Gasteiger partial charge in [0, 0.05) is 37.3 Å². The molecule has 0 atom stereocenters. The zero-order chi connectivity index (χ0) is 18.9. The van der Waals surface area contributed by atoms with Gasteiger partial charge >= 0.3 is 0 Å². The monoisotopic (exact) mass is 409 g/mol. The van der Waals surface area contributed by atoms with E-state index in [0.29, 0.717) is 13.0 Å². The third-order valence-corrected chi connectivity index (χ3v) is 5.55. The van der Waals surface area contributed by atoms with Gasteiger partial charge in [0.15, 0.2) is 0 Å². The van der Waals surface area contributed by atoms with Crippen LogP contribution < -0.4 is 10.5 Å². The minimum absolute atomic E-state index is 0.